The molecule has 0 aliphatic carbocycles. The van der Waals surface area contributed by atoms with Gasteiger partial charge >= 0.3 is 0 Å². The van der Waals surface area contributed by atoms with E-state index in [1.54, 1.807) is 0 Å². The molecular formula is C15H18N4O. The molecule has 2 heterocycles. The molecule has 20 heavy (non-hydrogen) atoms. The Kier molecular flexibility index (Phi) is 3.52. The molecule has 2 N–H and O–H groups in total. The summed E-state index contributed by atoms with van der Waals surface area (Å²) in [6, 6.07) is 8.34. The summed E-state index contributed by atoms with van der Waals surface area (Å²) < 4.78 is 7.33. The van der Waals surface area contributed by atoms with Crippen LogP contribution in [0, 0.1) is 0 Å². The van der Waals surface area contributed by atoms with Gasteiger partial charge < -0.3 is 14.8 Å². The Hall–Kier alpha value is -2.14. The fourth-order valence-corrected chi connectivity index (χ4v) is 2.34. The second-order valence-corrected chi connectivity index (χ2v) is 4.90. The van der Waals surface area contributed by atoms with Crippen LogP contribution in [-0.2, 0) is 19.5 Å². The highest BCUT2D eigenvalue weighted by Crippen LogP contribution is 2.18. The maximum Gasteiger partial charge on any atom is 0.226 e. The molecule has 0 amide bonds. The molecule has 5 heteroatoms. The van der Waals surface area contributed by atoms with E-state index in [2.05, 4.69) is 45.9 Å². The highest BCUT2D eigenvalue weighted by molar-refractivity contribution is 5.80. The van der Waals surface area contributed by atoms with Crippen molar-refractivity contribution in [3.8, 4) is 0 Å². The summed E-state index contributed by atoms with van der Waals surface area (Å²) in [5.74, 6) is 1.43. The minimum absolute atomic E-state index is 0.562. The third kappa shape index (κ3) is 2.44. The van der Waals surface area contributed by atoms with Crippen molar-refractivity contribution >= 4 is 10.9 Å². The smallest absolute Gasteiger partial charge is 0.226 e. The van der Waals surface area contributed by atoms with Crippen LogP contribution in [0.25, 0.3) is 10.9 Å². The molecule has 0 aliphatic heterocycles. The number of hydrogen-bond acceptors (Lipinski definition) is 4. The monoisotopic (exact) mass is 270 g/mol. The van der Waals surface area contributed by atoms with E-state index >= 15 is 0 Å². The topological polar surface area (TPSA) is 69.9 Å². The first-order valence-corrected chi connectivity index (χ1v) is 6.89. The van der Waals surface area contributed by atoms with Gasteiger partial charge in [0.05, 0.1) is 6.54 Å². The van der Waals surface area contributed by atoms with Gasteiger partial charge in [0, 0.05) is 24.7 Å². The Bertz CT molecular complexity index is 714. The van der Waals surface area contributed by atoms with Crippen LogP contribution < -0.4 is 5.73 Å². The number of nitrogens with two attached hydrogens (primary N) is 1. The van der Waals surface area contributed by atoms with Gasteiger partial charge in [0.2, 0.25) is 5.89 Å². The predicted octanol–water partition coefficient (Wildman–Crippen LogP) is 2.48. The van der Waals surface area contributed by atoms with E-state index in [9.17, 15) is 0 Å². The van der Waals surface area contributed by atoms with Crippen LogP contribution in [-0.4, -0.2) is 14.7 Å². The number of hydrogen-bond donors (Lipinski definition) is 1. The molecule has 1 aromatic carbocycles. The van der Waals surface area contributed by atoms with Gasteiger partial charge in [0.15, 0.2) is 5.82 Å². The summed E-state index contributed by atoms with van der Waals surface area (Å²) >= 11 is 0. The number of aromatic nitrogens is 3. The molecule has 0 fully saturated rings. The van der Waals surface area contributed by atoms with Crippen LogP contribution in [0.4, 0.5) is 0 Å². The van der Waals surface area contributed by atoms with Crippen molar-refractivity contribution in [2.45, 2.75) is 32.9 Å². The molecule has 0 radical (unpaired) electrons. The Morgan fingerprint density at radius 1 is 1.30 bits per heavy atom. The first-order chi connectivity index (χ1) is 9.80. The average molecular weight is 270 g/mol. The van der Waals surface area contributed by atoms with Gasteiger partial charge in [0.1, 0.15) is 0 Å². The van der Waals surface area contributed by atoms with Crippen molar-refractivity contribution in [1.29, 1.82) is 0 Å². The van der Waals surface area contributed by atoms with E-state index in [1.165, 1.54) is 5.39 Å². The molecule has 3 aromatic rings. The van der Waals surface area contributed by atoms with E-state index in [0.29, 0.717) is 24.8 Å². The van der Waals surface area contributed by atoms with Crippen molar-refractivity contribution in [3.63, 3.8) is 0 Å². The number of rotatable bonds is 5. The van der Waals surface area contributed by atoms with E-state index in [4.69, 9.17) is 10.3 Å². The normalized spacial score (nSPS) is 11.3. The van der Waals surface area contributed by atoms with Crippen molar-refractivity contribution in [3.05, 3.63) is 47.7 Å². The van der Waals surface area contributed by atoms with Gasteiger partial charge in [-0.05, 0) is 35.6 Å². The molecule has 5 nitrogen and oxygen atoms in total. The lowest BCUT2D eigenvalue weighted by atomic mass is 10.1. The fraction of sp³-hybridized carbons (Fsp3) is 0.333. The first-order valence-electron chi connectivity index (χ1n) is 6.89. The van der Waals surface area contributed by atoms with E-state index in [-0.39, 0.29) is 0 Å². The van der Waals surface area contributed by atoms with Crippen LogP contribution >= 0.6 is 0 Å². The van der Waals surface area contributed by atoms with Crippen LogP contribution in [0.1, 0.15) is 30.6 Å². The van der Waals surface area contributed by atoms with Crippen molar-refractivity contribution in [2.75, 3.05) is 0 Å². The second-order valence-electron chi connectivity index (χ2n) is 4.90. The Labute approximate surface area is 117 Å². The van der Waals surface area contributed by atoms with Crippen LogP contribution in [0.2, 0.25) is 0 Å². The third-order valence-corrected chi connectivity index (χ3v) is 3.36. The van der Waals surface area contributed by atoms with Crippen molar-refractivity contribution in [1.82, 2.24) is 14.7 Å². The minimum Gasteiger partial charge on any atom is -0.340 e. The standard InChI is InChI=1S/C15H18N4O/c1-2-3-15-17-14(18-20-15)10-19-7-6-12-8-11(9-16)4-5-13(12)19/h4-8H,2-3,9-10,16H2,1H3. The zero-order chi connectivity index (χ0) is 13.9. The maximum absolute atomic E-state index is 5.66. The summed E-state index contributed by atoms with van der Waals surface area (Å²) in [6.45, 7) is 3.28. The Morgan fingerprint density at radius 2 is 2.20 bits per heavy atom. The molecule has 0 bridgehead atoms. The molecule has 0 atom stereocenters. The average Bonchev–Trinajstić information content (AvgIpc) is 3.07. The number of benzene rings is 1. The summed E-state index contributed by atoms with van der Waals surface area (Å²) in [4.78, 5) is 4.40. The summed E-state index contributed by atoms with van der Waals surface area (Å²) in [7, 11) is 0. The molecule has 0 saturated carbocycles. The van der Waals surface area contributed by atoms with Crippen molar-refractivity contribution < 1.29 is 4.52 Å². The summed E-state index contributed by atoms with van der Waals surface area (Å²) in [6.07, 6.45) is 3.88. The molecule has 0 spiro atoms. The molecule has 2 aromatic heterocycles. The van der Waals surface area contributed by atoms with Gasteiger partial charge in [0.25, 0.3) is 0 Å². The molecule has 104 valence electrons. The lowest BCUT2D eigenvalue weighted by Crippen LogP contribution is -2.00. The highest BCUT2D eigenvalue weighted by Gasteiger charge is 2.08. The Morgan fingerprint density at radius 3 is 3.00 bits per heavy atom. The van der Waals surface area contributed by atoms with E-state index < -0.39 is 0 Å². The molecule has 0 unspecified atom stereocenters. The number of aryl methyl sites for hydroxylation is 1. The Balaban J connectivity index is 1.86. The van der Waals surface area contributed by atoms with Crippen LogP contribution in [0.5, 0.6) is 0 Å². The minimum atomic E-state index is 0.562. The van der Waals surface area contributed by atoms with E-state index in [0.717, 1.165) is 23.9 Å². The lowest BCUT2D eigenvalue weighted by molar-refractivity contribution is 0.371. The largest absolute Gasteiger partial charge is 0.340 e. The first kappa shape index (κ1) is 12.9. The maximum atomic E-state index is 5.66. The van der Waals surface area contributed by atoms with E-state index in [1.807, 2.05) is 6.20 Å². The summed E-state index contributed by atoms with van der Waals surface area (Å²) in [5, 5.41) is 5.21. The third-order valence-electron chi connectivity index (χ3n) is 3.36. The highest BCUT2D eigenvalue weighted by atomic mass is 16.5. The zero-order valence-corrected chi connectivity index (χ0v) is 11.5. The predicted molar refractivity (Wildman–Crippen MR) is 77.2 cm³/mol. The SMILES string of the molecule is CCCc1nc(Cn2ccc3cc(CN)ccc32)no1. The van der Waals surface area contributed by atoms with Gasteiger partial charge in [-0.3, -0.25) is 0 Å². The van der Waals surface area contributed by atoms with Gasteiger partial charge in [-0.25, -0.2) is 0 Å². The van der Waals surface area contributed by atoms with Gasteiger partial charge in [-0.15, -0.1) is 0 Å². The van der Waals surface area contributed by atoms with Gasteiger partial charge in [-0.1, -0.05) is 18.1 Å². The molecular weight excluding hydrogens is 252 g/mol. The van der Waals surface area contributed by atoms with Crippen LogP contribution in [0.15, 0.2) is 35.0 Å². The zero-order valence-electron chi connectivity index (χ0n) is 11.5. The number of fused-ring (bicyclic) bond motifs is 1. The quantitative estimate of drug-likeness (QED) is 0.773. The molecule has 0 saturated heterocycles. The molecule has 0 aliphatic rings. The molecule has 3 rings (SSSR count). The van der Waals surface area contributed by atoms with Crippen LogP contribution in [0.3, 0.4) is 0 Å². The van der Waals surface area contributed by atoms with Crippen molar-refractivity contribution in [2.24, 2.45) is 5.73 Å². The number of nitrogens with zero attached hydrogens (tertiary/aromatic N) is 3. The summed E-state index contributed by atoms with van der Waals surface area (Å²) in [5.41, 5.74) is 7.96. The lowest BCUT2D eigenvalue weighted by Gasteiger charge is -2.02. The fourth-order valence-electron chi connectivity index (χ4n) is 2.34. The second kappa shape index (κ2) is 5.46. The van der Waals surface area contributed by atoms with Gasteiger partial charge in [-0.2, -0.15) is 4.98 Å².